The second-order valence-electron chi connectivity index (χ2n) is 7.21. The van der Waals surface area contributed by atoms with Crippen LogP contribution in [0, 0.1) is 23.7 Å². The lowest BCUT2D eigenvalue weighted by Gasteiger charge is -2.30. The SMILES string of the molecule is CN1CCNCC1c1noc(C2C3C4CCC(C4)C23)n1.Cl. The predicted molar refractivity (Wildman–Crippen MR) is 80.3 cm³/mol. The molecule has 4 fully saturated rings. The zero-order valence-electron chi connectivity index (χ0n) is 12.4. The first-order valence-corrected chi connectivity index (χ1v) is 8.07. The molecule has 1 aliphatic heterocycles. The number of piperazine rings is 1. The summed E-state index contributed by atoms with van der Waals surface area (Å²) >= 11 is 0. The minimum atomic E-state index is 0. The first-order chi connectivity index (χ1) is 9.83. The Labute approximate surface area is 131 Å². The molecule has 21 heavy (non-hydrogen) atoms. The number of hydrogen-bond acceptors (Lipinski definition) is 5. The van der Waals surface area contributed by atoms with Crippen LogP contribution in [0.4, 0.5) is 0 Å². The quantitative estimate of drug-likeness (QED) is 0.903. The van der Waals surface area contributed by atoms with Crippen LogP contribution in [-0.2, 0) is 0 Å². The zero-order valence-corrected chi connectivity index (χ0v) is 13.2. The summed E-state index contributed by atoms with van der Waals surface area (Å²) in [6.45, 7) is 3.03. The van der Waals surface area contributed by atoms with Gasteiger partial charge < -0.3 is 9.84 Å². The maximum absolute atomic E-state index is 5.64. The average molecular weight is 311 g/mol. The molecule has 5 atom stereocenters. The molecule has 1 aromatic rings. The highest BCUT2D eigenvalue weighted by atomic mass is 35.5. The van der Waals surface area contributed by atoms with Gasteiger partial charge in [0.15, 0.2) is 5.82 Å². The third kappa shape index (κ3) is 1.97. The van der Waals surface area contributed by atoms with Crippen molar-refractivity contribution in [3.05, 3.63) is 11.7 Å². The molecule has 2 heterocycles. The van der Waals surface area contributed by atoms with Crippen LogP contribution in [0.15, 0.2) is 4.52 Å². The number of halogens is 1. The van der Waals surface area contributed by atoms with Gasteiger partial charge in [-0.2, -0.15) is 4.98 Å². The average Bonchev–Trinajstić information content (AvgIpc) is 2.88. The number of fused-ring (bicyclic) bond motifs is 5. The number of nitrogens with one attached hydrogen (secondary N) is 1. The van der Waals surface area contributed by atoms with Crippen LogP contribution in [0.25, 0.3) is 0 Å². The molecule has 3 saturated carbocycles. The van der Waals surface area contributed by atoms with E-state index in [2.05, 4.69) is 22.4 Å². The number of aromatic nitrogens is 2. The Balaban J connectivity index is 0.00000115. The Morgan fingerprint density at radius 3 is 2.71 bits per heavy atom. The molecule has 0 spiro atoms. The van der Waals surface area contributed by atoms with E-state index < -0.39 is 0 Å². The Hall–Kier alpha value is -0.650. The Bertz CT molecular complexity index is 519. The Morgan fingerprint density at radius 1 is 1.24 bits per heavy atom. The lowest BCUT2D eigenvalue weighted by atomic mass is 10.0. The fourth-order valence-corrected chi connectivity index (χ4v) is 5.27. The van der Waals surface area contributed by atoms with Gasteiger partial charge in [0.05, 0.1) is 6.04 Å². The molecule has 5 nitrogen and oxygen atoms in total. The molecule has 116 valence electrons. The van der Waals surface area contributed by atoms with Gasteiger partial charge in [-0.15, -0.1) is 12.4 Å². The molecule has 1 aromatic heterocycles. The summed E-state index contributed by atoms with van der Waals surface area (Å²) in [5, 5.41) is 7.70. The fraction of sp³-hybridized carbons (Fsp3) is 0.867. The highest BCUT2D eigenvalue weighted by molar-refractivity contribution is 5.85. The molecule has 6 heteroatoms. The van der Waals surface area contributed by atoms with Crippen LogP contribution in [0.3, 0.4) is 0 Å². The smallest absolute Gasteiger partial charge is 0.230 e. The van der Waals surface area contributed by atoms with Crippen LogP contribution in [0.2, 0.25) is 0 Å². The number of rotatable bonds is 2. The van der Waals surface area contributed by atoms with Crippen molar-refractivity contribution in [2.75, 3.05) is 26.7 Å². The minimum Gasteiger partial charge on any atom is -0.339 e. The second-order valence-corrected chi connectivity index (χ2v) is 7.21. The molecule has 0 radical (unpaired) electrons. The van der Waals surface area contributed by atoms with E-state index >= 15 is 0 Å². The van der Waals surface area contributed by atoms with E-state index in [1.54, 1.807) is 0 Å². The van der Waals surface area contributed by atoms with Gasteiger partial charge in [0.1, 0.15) is 0 Å². The maximum Gasteiger partial charge on any atom is 0.230 e. The summed E-state index contributed by atoms with van der Waals surface area (Å²) < 4.78 is 5.64. The topological polar surface area (TPSA) is 54.2 Å². The molecule has 5 rings (SSSR count). The molecular weight excluding hydrogens is 288 g/mol. The lowest BCUT2D eigenvalue weighted by Crippen LogP contribution is -2.44. The predicted octanol–water partition coefficient (Wildman–Crippen LogP) is 1.83. The summed E-state index contributed by atoms with van der Waals surface area (Å²) in [6, 6.07) is 0.275. The van der Waals surface area contributed by atoms with Gasteiger partial charge in [0, 0.05) is 25.6 Å². The van der Waals surface area contributed by atoms with Crippen molar-refractivity contribution >= 4 is 12.4 Å². The van der Waals surface area contributed by atoms with Gasteiger partial charge in [0.25, 0.3) is 0 Å². The molecule has 2 bridgehead atoms. The van der Waals surface area contributed by atoms with Crippen LogP contribution < -0.4 is 5.32 Å². The standard InChI is InChI=1S/C15H22N4O.ClH/c1-19-5-4-16-7-10(19)14-17-15(20-18-14)13-11-8-2-3-9(6-8)12(11)13;/h8-13,16H,2-7H2,1H3;1H. The van der Waals surface area contributed by atoms with E-state index in [4.69, 9.17) is 9.51 Å². The third-order valence-corrected chi connectivity index (χ3v) is 6.29. The third-order valence-electron chi connectivity index (χ3n) is 6.29. The van der Waals surface area contributed by atoms with E-state index in [0.717, 1.165) is 55.0 Å². The molecule has 1 N–H and O–H groups in total. The molecule has 5 unspecified atom stereocenters. The van der Waals surface area contributed by atoms with E-state index in [0.29, 0.717) is 5.92 Å². The van der Waals surface area contributed by atoms with Crippen molar-refractivity contribution in [1.82, 2.24) is 20.4 Å². The van der Waals surface area contributed by atoms with Gasteiger partial charge in [-0.25, -0.2) is 0 Å². The Morgan fingerprint density at radius 2 is 2.00 bits per heavy atom. The van der Waals surface area contributed by atoms with E-state index in [1.165, 1.54) is 19.3 Å². The van der Waals surface area contributed by atoms with E-state index in [1.807, 2.05) is 0 Å². The molecule has 1 saturated heterocycles. The van der Waals surface area contributed by atoms with Crippen LogP contribution in [0.5, 0.6) is 0 Å². The van der Waals surface area contributed by atoms with Gasteiger partial charge in [-0.3, -0.25) is 4.90 Å². The molecular formula is C15H23ClN4O. The van der Waals surface area contributed by atoms with Crippen molar-refractivity contribution in [3.8, 4) is 0 Å². The summed E-state index contributed by atoms with van der Waals surface area (Å²) in [5.74, 6) is 6.10. The van der Waals surface area contributed by atoms with E-state index in [-0.39, 0.29) is 18.4 Å². The minimum absolute atomic E-state index is 0. The fourth-order valence-electron chi connectivity index (χ4n) is 5.27. The normalized spacial score (nSPS) is 44.4. The largest absolute Gasteiger partial charge is 0.339 e. The monoisotopic (exact) mass is 310 g/mol. The molecule has 4 aliphatic rings. The number of nitrogens with zero attached hydrogens (tertiary/aromatic N) is 3. The van der Waals surface area contributed by atoms with Crippen molar-refractivity contribution < 1.29 is 4.52 Å². The molecule has 3 aliphatic carbocycles. The first kappa shape index (κ1) is 14.0. The van der Waals surface area contributed by atoms with Crippen molar-refractivity contribution in [2.45, 2.75) is 31.2 Å². The molecule has 0 amide bonds. The van der Waals surface area contributed by atoms with Crippen LogP contribution in [0.1, 0.15) is 42.9 Å². The highest BCUT2D eigenvalue weighted by Gasteiger charge is 2.67. The molecule has 0 aromatic carbocycles. The van der Waals surface area contributed by atoms with Crippen molar-refractivity contribution in [1.29, 1.82) is 0 Å². The summed E-state index contributed by atoms with van der Waals surface area (Å²) in [4.78, 5) is 7.09. The van der Waals surface area contributed by atoms with Crippen LogP contribution in [-0.4, -0.2) is 41.7 Å². The van der Waals surface area contributed by atoms with Gasteiger partial charge in [0.2, 0.25) is 5.89 Å². The van der Waals surface area contributed by atoms with Gasteiger partial charge in [-0.1, -0.05) is 5.16 Å². The highest BCUT2D eigenvalue weighted by Crippen LogP contribution is 2.72. The van der Waals surface area contributed by atoms with Crippen LogP contribution >= 0.6 is 12.4 Å². The zero-order chi connectivity index (χ0) is 13.3. The lowest BCUT2D eigenvalue weighted by molar-refractivity contribution is 0.190. The van der Waals surface area contributed by atoms with Gasteiger partial charge in [-0.05, 0) is 50.0 Å². The Kier molecular flexibility index (Phi) is 3.28. The maximum atomic E-state index is 5.64. The summed E-state index contributed by atoms with van der Waals surface area (Å²) in [7, 11) is 2.15. The number of likely N-dealkylation sites (N-methyl/N-ethyl adjacent to an activating group) is 1. The summed E-state index contributed by atoms with van der Waals surface area (Å²) in [6.07, 6.45) is 4.36. The first-order valence-electron chi connectivity index (χ1n) is 8.07. The van der Waals surface area contributed by atoms with Crippen molar-refractivity contribution in [2.24, 2.45) is 23.7 Å². The second kappa shape index (κ2) is 4.93. The van der Waals surface area contributed by atoms with Gasteiger partial charge >= 0.3 is 0 Å². The number of hydrogen-bond donors (Lipinski definition) is 1. The summed E-state index contributed by atoms with van der Waals surface area (Å²) in [5.41, 5.74) is 0. The van der Waals surface area contributed by atoms with E-state index in [9.17, 15) is 0 Å². The van der Waals surface area contributed by atoms with Crippen molar-refractivity contribution in [3.63, 3.8) is 0 Å².